The molecule has 1 aromatic carbocycles. The second-order valence-electron chi connectivity index (χ2n) is 4.14. The largest absolute Gasteiger partial charge is 0.335 e. The molecule has 1 aliphatic rings. The van der Waals surface area contributed by atoms with Crippen LogP contribution in [0.1, 0.15) is 19.3 Å². The Morgan fingerprint density at radius 2 is 2.17 bits per heavy atom. The quantitative estimate of drug-likeness (QED) is 0.664. The third-order valence-corrected chi connectivity index (χ3v) is 3.34. The number of carbonyl (C=O) groups excluding carboxylic acids is 1. The van der Waals surface area contributed by atoms with Crippen molar-refractivity contribution in [1.82, 2.24) is 5.32 Å². The molecule has 96 valence electrons. The first-order chi connectivity index (χ1) is 8.56. The van der Waals surface area contributed by atoms with Gasteiger partial charge in [-0.15, -0.1) is 0 Å². The van der Waals surface area contributed by atoms with Crippen LogP contribution in [0.25, 0.3) is 0 Å². The smallest absolute Gasteiger partial charge is 0.319 e. The number of rotatable bonds is 3. The van der Waals surface area contributed by atoms with Crippen LogP contribution >= 0.6 is 15.9 Å². The minimum atomic E-state index is -0.524. The maximum atomic E-state index is 11.6. The number of nitro groups is 1. The van der Waals surface area contributed by atoms with Crippen molar-refractivity contribution < 1.29 is 9.72 Å². The SMILES string of the molecule is O=C(Nc1ccc(Br)cc1[N+](=O)[O-])NC1CCC1. The van der Waals surface area contributed by atoms with E-state index in [1.54, 1.807) is 6.07 Å². The Morgan fingerprint density at radius 3 is 2.72 bits per heavy atom. The first kappa shape index (κ1) is 12.8. The number of carbonyl (C=O) groups is 1. The Kier molecular flexibility index (Phi) is 3.81. The zero-order valence-corrected chi connectivity index (χ0v) is 11.1. The summed E-state index contributed by atoms with van der Waals surface area (Å²) >= 11 is 3.16. The Morgan fingerprint density at radius 1 is 1.44 bits per heavy atom. The molecule has 0 aromatic heterocycles. The number of amides is 2. The molecule has 18 heavy (non-hydrogen) atoms. The van der Waals surface area contributed by atoms with E-state index in [9.17, 15) is 14.9 Å². The standard InChI is InChI=1S/C11H12BrN3O3/c12-7-4-5-9(10(6-7)15(17)18)14-11(16)13-8-2-1-3-8/h4-6,8H,1-3H2,(H2,13,14,16). The molecule has 0 spiro atoms. The highest BCUT2D eigenvalue weighted by Crippen LogP contribution is 2.28. The molecule has 1 aromatic rings. The molecule has 0 atom stereocenters. The molecule has 0 saturated heterocycles. The van der Waals surface area contributed by atoms with Crippen LogP contribution in [0.15, 0.2) is 22.7 Å². The summed E-state index contributed by atoms with van der Waals surface area (Å²) in [6.45, 7) is 0. The molecule has 2 N–H and O–H groups in total. The van der Waals surface area contributed by atoms with E-state index in [0.29, 0.717) is 4.47 Å². The van der Waals surface area contributed by atoms with Gasteiger partial charge in [0.05, 0.1) is 4.92 Å². The second-order valence-corrected chi connectivity index (χ2v) is 5.06. The molecule has 1 aliphatic carbocycles. The Hall–Kier alpha value is -1.63. The zero-order valence-electron chi connectivity index (χ0n) is 9.48. The summed E-state index contributed by atoms with van der Waals surface area (Å²) in [7, 11) is 0. The Balaban J connectivity index is 2.07. The molecule has 6 nitrogen and oxygen atoms in total. The van der Waals surface area contributed by atoms with Gasteiger partial charge >= 0.3 is 6.03 Å². The maximum absolute atomic E-state index is 11.6. The number of hydrogen-bond acceptors (Lipinski definition) is 3. The first-order valence-corrected chi connectivity index (χ1v) is 6.37. The van der Waals surface area contributed by atoms with Crippen LogP contribution < -0.4 is 10.6 Å². The van der Waals surface area contributed by atoms with Crippen LogP contribution in [0.2, 0.25) is 0 Å². The van der Waals surface area contributed by atoms with Gasteiger partial charge in [-0.1, -0.05) is 15.9 Å². The fraction of sp³-hybridized carbons (Fsp3) is 0.364. The second kappa shape index (κ2) is 5.34. The lowest BCUT2D eigenvalue weighted by Crippen LogP contribution is -2.41. The van der Waals surface area contributed by atoms with Gasteiger partial charge in [-0.25, -0.2) is 4.79 Å². The molecular formula is C11H12BrN3O3. The molecule has 1 saturated carbocycles. The van der Waals surface area contributed by atoms with Crippen molar-refractivity contribution in [2.75, 3.05) is 5.32 Å². The van der Waals surface area contributed by atoms with Gasteiger partial charge in [0, 0.05) is 16.6 Å². The van der Waals surface area contributed by atoms with Gasteiger partial charge in [-0.2, -0.15) is 0 Å². The van der Waals surface area contributed by atoms with E-state index < -0.39 is 11.0 Å². The van der Waals surface area contributed by atoms with Gasteiger partial charge < -0.3 is 10.6 Å². The van der Waals surface area contributed by atoms with Gasteiger partial charge in [0.1, 0.15) is 5.69 Å². The third kappa shape index (κ3) is 2.98. The van der Waals surface area contributed by atoms with E-state index in [0.717, 1.165) is 19.3 Å². The van der Waals surface area contributed by atoms with Crippen molar-refractivity contribution in [3.05, 3.63) is 32.8 Å². The number of benzene rings is 1. The fourth-order valence-electron chi connectivity index (χ4n) is 1.66. The summed E-state index contributed by atoms with van der Waals surface area (Å²) in [5, 5.41) is 16.1. The van der Waals surface area contributed by atoms with E-state index in [2.05, 4.69) is 26.6 Å². The summed E-state index contributed by atoms with van der Waals surface area (Å²) in [5.74, 6) is 0. The predicted octanol–water partition coefficient (Wildman–Crippen LogP) is 3.03. The summed E-state index contributed by atoms with van der Waals surface area (Å²) < 4.78 is 0.596. The number of nitrogens with zero attached hydrogens (tertiary/aromatic N) is 1. The van der Waals surface area contributed by atoms with E-state index in [1.165, 1.54) is 12.1 Å². The van der Waals surface area contributed by atoms with Crippen LogP contribution in [-0.4, -0.2) is 17.0 Å². The molecule has 0 aliphatic heterocycles. The van der Waals surface area contributed by atoms with Crippen molar-refractivity contribution in [2.24, 2.45) is 0 Å². The van der Waals surface area contributed by atoms with Crippen molar-refractivity contribution in [2.45, 2.75) is 25.3 Å². The monoisotopic (exact) mass is 313 g/mol. The molecule has 2 rings (SSSR count). The Bertz CT molecular complexity index is 488. The number of halogens is 1. The molecule has 0 heterocycles. The van der Waals surface area contributed by atoms with Crippen LogP contribution in [-0.2, 0) is 0 Å². The minimum absolute atomic E-state index is 0.131. The third-order valence-electron chi connectivity index (χ3n) is 2.85. The van der Waals surface area contributed by atoms with Crippen LogP contribution in [0.5, 0.6) is 0 Å². The average molecular weight is 314 g/mol. The van der Waals surface area contributed by atoms with E-state index >= 15 is 0 Å². The van der Waals surface area contributed by atoms with Crippen LogP contribution in [0, 0.1) is 10.1 Å². The highest BCUT2D eigenvalue weighted by molar-refractivity contribution is 9.10. The van der Waals surface area contributed by atoms with Crippen molar-refractivity contribution in [3.8, 4) is 0 Å². The summed E-state index contributed by atoms with van der Waals surface area (Å²) in [6, 6.07) is 4.30. The van der Waals surface area contributed by atoms with Gasteiger partial charge in [0.15, 0.2) is 0 Å². The molecular weight excluding hydrogens is 302 g/mol. The molecule has 0 unspecified atom stereocenters. The summed E-state index contributed by atoms with van der Waals surface area (Å²) in [5.41, 5.74) is 0.0631. The maximum Gasteiger partial charge on any atom is 0.319 e. The average Bonchev–Trinajstić information content (AvgIpc) is 2.26. The van der Waals surface area contributed by atoms with Crippen molar-refractivity contribution >= 4 is 33.3 Å². The zero-order chi connectivity index (χ0) is 13.1. The van der Waals surface area contributed by atoms with Crippen molar-refractivity contribution in [1.29, 1.82) is 0 Å². The van der Waals surface area contributed by atoms with Gasteiger partial charge in [-0.3, -0.25) is 10.1 Å². The Labute approximate surface area is 112 Å². The van der Waals surface area contributed by atoms with E-state index in [1.807, 2.05) is 0 Å². The van der Waals surface area contributed by atoms with Crippen LogP contribution in [0.4, 0.5) is 16.2 Å². The van der Waals surface area contributed by atoms with Crippen LogP contribution in [0.3, 0.4) is 0 Å². The molecule has 7 heteroatoms. The number of anilines is 1. The number of nitro benzene ring substituents is 1. The normalized spacial score (nSPS) is 14.7. The van der Waals surface area contributed by atoms with E-state index in [4.69, 9.17) is 0 Å². The molecule has 0 radical (unpaired) electrons. The summed E-state index contributed by atoms with van der Waals surface area (Å²) in [6.07, 6.45) is 3.05. The highest BCUT2D eigenvalue weighted by atomic mass is 79.9. The topological polar surface area (TPSA) is 84.3 Å². The molecule has 2 amide bonds. The lowest BCUT2D eigenvalue weighted by molar-refractivity contribution is -0.384. The highest BCUT2D eigenvalue weighted by Gasteiger charge is 2.21. The number of nitrogens with one attached hydrogen (secondary N) is 2. The van der Waals surface area contributed by atoms with Gasteiger partial charge in [0.2, 0.25) is 0 Å². The minimum Gasteiger partial charge on any atom is -0.335 e. The van der Waals surface area contributed by atoms with Gasteiger partial charge in [-0.05, 0) is 31.4 Å². The summed E-state index contributed by atoms with van der Waals surface area (Å²) in [4.78, 5) is 22.0. The van der Waals surface area contributed by atoms with Crippen molar-refractivity contribution in [3.63, 3.8) is 0 Å². The number of urea groups is 1. The predicted molar refractivity (Wildman–Crippen MR) is 70.6 cm³/mol. The van der Waals surface area contributed by atoms with Gasteiger partial charge in [0.25, 0.3) is 5.69 Å². The first-order valence-electron chi connectivity index (χ1n) is 5.58. The molecule has 0 bridgehead atoms. The molecule has 1 fully saturated rings. The lowest BCUT2D eigenvalue weighted by Gasteiger charge is -2.26. The lowest BCUT2D eigenvalue weighted by atomic mass is 9.93. The number of hydrogen-bond donors (Lipinski definition) is 2. The fourth-order valence-corrected chi connectivity index (χ4v) is 2.01. The van der Waals surface area contributed by atoms with E-state index in [-0.39, 0.29) is 17.4 Å².